The lowest BCUT2D eigenvalue weighted by Crippen LogP contribution is -2.37. The van der Waals surface area contributed by atoms with E-state index in [0.717, 1.165) is 24.3 Å². The predicted molar refractivity (Wildman–Crippen MR) is 79.3 cm³/mol. The second kappa shape index (κ2) is 5.92. The third kappa shape index (κ3) is 3.19. The van der Waals surface area contributed by atoms with Crippen LogP contribution in [0.5, 0.6) is 0 Å². The van der Waals surface area contributed by atoms with Gasteiger partial charge >= 0.3 is 0 Å². The molecule has 0 amide bonds. The van der Waals surface area contributed by atoms with Gasteiger partial charge in [0, 0.05) is 25.4 Å². The molecule has 2 N–H and O–H groups in total. The number of nitrogens with zero attached hydrogens (tertiary/aromatic N) is 4. The maximum absolute atomic E-state index is 12.2. The smallest absolute Gasteiger partial charge is 0.269 e. The first kappa shape index (κ1) is 13.6. The van der Waals surface area contributed by atoms with Crippen molar-refractivity contribution in [2.75, 3.05) is 36.9 Å². The third-order valence-electron chi connectivity index (χ3n) is 3.41. The van der Waals surface area contributed by atoms with E-state index in [1.165, 1.54) is 4.68 Å². The molecule has 3 rings (SSSR count). The normalized spacial score (nSPS) is 15.1. The van der Waals surface area contributed by atoms with Crippen molar-refractivity contribution < 1.29 is 4.74 Å². The Hall–Kier alpha value is -2.41. The number of rotatable bonds is 3. The van der Waals surface area contributed by atoms with Crippen LogP contribution in [0.2, 0.25) is 0 Å². The molecule has 21 heavy (non-hydrogen) atoms. The van der Waals surface area contributed by atoms with Crippen LogP contribution in [0, 0.1) is 0 Å². The van der Waals surface area contributed by atoms with Crippen molar-refractivity contribution in [2.24, 2.45) is 0 Å². The lowest BCUT2D eigenvalue weighted by molar-refractivity contribution is 0.122. The average molecular weight is 287 g/mol. The number of anilines is 2. The van der Waals surface area contributed by atoms with Crippen molar-refractivity contribution in [3.8, 4) is 0 Å². The van der Waals surface area contributed by atoms with E-state index in [1.54, 1.807) is 24.5 Å². The zero-order valence-electron chi connectivity index (χ0n) is 11.6. The molecule has 0 aromatic carbocycles. The predicted octanol–water partition coefficient (Wildman–Crippen LogP) is 0.105. The molecule has 0 spiro atoms. The van der Waals surface area contributed by atoms with Crippen LogP contribution in [-0.4, -0.2) is 41.1 Å². The van der Waals surface area contributed by atoms with E-state index in [0.29, 0.717) is 25.6 Å². The highest BCUT2D eigenvalue weighted by Gasteiger charge is 2.12. The van der Waals surface area contributed by atoms with Gasteiger partial charge in [-0.25, -0.2) is 9.67 Å². The summed E-state index contributed by atoms with van der Waals surface area (Å²) >= 11 is 0. The summed E-state index contributed by atoms with van der Waals surface area (Å²) in [6, 6.07) is 5.16. The summed E-state index contributed by atoms with van der Waals surface area (Å²) in [7, 11) is 0. The number of morpholine rings is 1. The van der Waals surface area contributed by atoms with E-state index >= 15 is 0 Å². The molecule has 2 aromatic rings. The van der Waals surface area contributed by atoms with Crippen LogP contribution in [0.15, 0.2) is 35.4 Å². The summed E-state index contributed by atoms with van der Waals surface area (Å²) in [4.78, 5) is 18.3. The largest absolute Gasteiger partial charge is 0.384 e. The molecule has 3 heterocycles. The summed E-state index contributed by atoms with van der Waals surface area (Å²) in [6.45, 7) is 3.32. The molecule has 0 atom stereocenters. The second-order valence-electron chi connectivity index (χ2n) is 4.90. The van der Waals surface area contributed by atoms with Crippen molar-refractivity contribution in [3.05, 3.63) is 46.5 Å². The molecule has 2 aromatic heterocycles. The van der Waals surface area contributed by atoms with Gasteiger partial charge in [0.25, 0.3) is 5.56 Å². The Labute approximate surface area is 122 Å². The first-order valence-electron chi connectivity index (χ1n) is 6.82. The highest BCUT2D eigenvalue weighted by atomic mass is 16.5. The molecule has 7 nitrogen and oxygen atoms in total. The minimum absolute atomic E-state index is 0.129. The van der Waals surface area contributed by atoms with E-state index in [-0.39, 0.29) is 5.56 Å². The summed E-state index contributed by atoms with van der Waals surface area (Å²) < 4.78 is 6.72. The van der Waals surface area contributed by atoms with E-state index < -0.39 is 0 Å². The third-order valence-corrected chi connectivity index (χ3v) is 3.41. The van der Waals surface area contributed by atoms with Gasteiger partial charge in [-0.05, 0) is 11.6 Å². The maximum Gasteiger partial charge on any atom is 0.269 e. The van der Waals surface area contributed by atoms with E-state index in [1.807, 2.05) is 6.07 Å². The Balaban J connectivity index is 1.77. The van der Waals surface area contributed by atoms with Gasteiger partial charge in [0.2, 0.25) is 0 Å². The molecule has 1 saturated heterocycles. The Morgan fingerprint density at radius 1 is 1.24 bits per heavy atom. The van der Waals surface area contributed by atoms with Gasteiger partial charge in [0.05, 0.1) is 31.6 Å². The van der Waals surface area contributed by atoms with Crippen LogP contribution in [0.4, 0.5) is 11.5 Å². The first-order valence-corrected chi connectivity index (χ1v) is 6.82. The standard InChI is InChI=1S/C14H17N5O2/c15-13-2-1-11(8-16-13)10-19-14(20)7-12(9-17-19)18-3-5-21-6-4-18/h1-2,7-9H,3-6,10H2,(H2,15,16). The SMILES string of the molecule is Nc1ccc(Cn2ncc(N3CCOCC3)cc2=O)cn1. The number of hydrogen-bond donors (Lipinski definition) is 1. The van der Waals surface area contributed by atoms with Crippen molar-refractivity contribution >= 4 is 11.5 Å². The van der Waals surface area contributed by atoms with Crippen LogP contribution < -0.4 is 16.2 Å². The molecule has 1 aliphatic rings. The zero-order valence-corrected chi connectivity index (χ0v) is 11.6. The molecular weight excluding hydrogens is 270 g/mol. The second-order valence-corrected chi connectivity index (χ2v) is 4.90. The van der Waals surface area contributed by atoms with Gasteiger partial charge in [0.1, 0.15) is 5.82 Å². The Kier molecular flexibility index (Phi) is 3.83. The number of hydrogen-bond acceptors (Lipinski definition) is 6. The number of nitrogen functional groups attached to an aromatic ring is 1. The van der Waals surface area contributed by atoms with Crippen LogP contribution in [-0.2, 0) is 11.3 Å². The molecule has 0 saturated carbocycles. The van der Waals surface area contributed by atoms with Crippen molar-refractivity contribution in [2.45, 2.75) is 6.54 Å². The number of aromatic nitrogens is 3. The molecule has 0 aliphatic carbocycles. The molecule has 0 radical (unpaired) electrons. The van der Waals surface area contributed by atoms with Crippen LogP contribution in [0.3, 0.4) is 0 Å². The number of ether oxygens (including phenoxy) is 1. The zero-order chi connectivity index (χ0) is 14.7. The summed E-state index contributed by atoms with van der Waals surface area (Å²) in [5, 5.41) is 4.23. The van der Waals surface area contributed by atoms with E-state index in [2.05, 4.69) is 15.0 Å². The quantitative estimate of drug-likeness (QED) is 0.862. The molecule has 1 aliphatic heterocycles. The fourth-order valence-electron chi connectivity index (χ4n) is 2.24. The molecule has 0 bridgehead atoms. The monoisotopic (exact) mass is 287 g/mol. The van der Waals surface area contributed by atoms with Gasteiger partial charge < -0.3 is 15.4 Å². The fourth-order valence-corrected chi connectivity index (χ4v) is 2.24. The first-order chi connectivity index (χ1) is 10.2. The van der Waals surface area contributed by atoms with E-state index in [4.69, 9.17) is 10.5 Å². The van der Waals surface area contributed by atoms with Gasteiger partial charge in [-0.1, -0.05) is 6.07 Å². The minimum atomic E-state index is -0.129. The summed E-state index contributed by atoms with van der Waals surface area (Å²) in [6.07, 6.45) is 3.37. The lowest BCUT2D eigenvalue weighted by atomic mass is 10.3. The highest BCUT2D eigenvalue weighted by molar-refractivity contribution is 5.43. The van der Waals surface area contributed by atoms with Crippen LogP contribution >= 0.6 is 0 Å². The van der Waals surface area contributed by atoms with Gasteiger partial charge in [-0.15, -0.1) is 0 Å². The van der Waals surface area contributed by atoms with Gasteiger partial charge in [-0.3, -0.25) is 4.79 Å². The Morgan fingerprint density at radius 2 is 2.05 bits per heavy atom. The molecule has 1 fully saturated rings. The average Bonchev–Trinajstić information content (AvgIpc) is 2.52. The lowest BCUT2D eigenvalue weighted by Gasteiger charge is -2.28. The summed E-state index contributed by atoms with van der Waals surface area (Å²) in [5.74, 6) is 0.460. The van der Waals surface area contributed by atoms with Crippen LogP contribution in [0.25, 0.3) is 0 Å². The molecular formula is C14H17N5O2. The minimum Gasteiger partial charge on any atom is -0.384 e. The van der Waals surface area contributed by atoms with Crippen molar-refractivity contribution in [1.29, 1.82) is 0 Å². The topological polar surface area (TPSA) is 86.3 Å². The fraction of sp³-hybridized carbons (Fsp3) is 0.357. The Morgan fingerprint density at radius 3 is 2.71 bits per heavy atom. The number of pyridine rings is 1. The van der Waals surface area contributed by atoms with Crippen molar-refractivity contribution in [3.63, 3.8) is 0 Å². The highest BCUT2D eigenvalue weighted by Crippen LogP contribution is 2.11. The van der Waals surface area contributed by atoms with Gasteiger partial charge in [-0.2, -0.15) is 5.10 Å². The summed E-state index contributed by atoms with van der Waals surface area (Å²) in [5.41, 5.74) is 7.14. The molecule has 7 heteroatoms. The van der Waals surface area contributed by atoms with E-state index in [9.17, 15) is 4.79 Å². The molecule has 110 valence electrons. The Bertz CT molecular complexity index is 662. The molecule has 0 unspecified atom stereocenters. The van der Waals surface area contributed by atoms with Gasteiger partial charge in [0.15, 0.2) is 0 Å². The number of nitrogens with two attached hydrogens (primary N) is 1. The van der Waals surface area contributed by atoms with Crippen LogP contribution in [0.1, 0.15) is 5.56 Å². The maximum atomic E-state index is 12.2. The van der Waals surface area contributed by atoms with Crippen molar-refractivity contribution in [1.82, 2.24) is 14.8 Å².